The Labute approximate surface area is 195 Å². The first kappa shape index (κ1) is 22.7. The van der Waals surface area contributed by atoms with Gasteiger partial charge in [-0.15, -0.1) is 0 Å². The molecule has 0 unspecified atom stereocenters. The SMILES string of the molecule is COc1ccccc1N1CCN(CCCOc2ccccc2C(=O)Nc2ccccc2)CC1. The number of carbonyl (C=O) groups is 1. The monoisotopic (exact) mass is 445 g/mol. The molecule has 1 N–H and O–H groups in total. The standard InChI is InChI=1S/C27H31N3O3/c1-32-26-15-8-6-13-24(26)30-19-17-29(18-20-30)16-9-21-33-25-14-7-5-12-23(25)27(31)28-22-10-3-2-4-11-22/h2-8,10-15H,9,16-21H2,1H3,(H,28,31). The van der Waals surface area contributed by atoms with Crippen molar-refractivity contribution in [1.29, 1.82) is 0 Å². The fourth-order valence-electron chi connectivity index (χ4n) is 4.07. The first-order valence-electron chi connectivity index (χ1n) is 11.4. The lowest BCUT2D eigenvalue weighted by Crippen LogP contribution is -2.46. The van der Waals surface area contributed by atoms with Gasteiger partial charge in [0.2, 0.25) is 0 Å². The summed E-state index contributed by atoms with van der Waals surface area (Å²) in [4.78, 5) is 17.5. The molecule has 0 saturated carbocycles. The van der Waals surface area contributed by atoms with Crippen molar-refractivity contribution < 1.29 is 14.3 Å². The van der Waals surface area contributed by atoms with Crippen LogP contribution in [0.3, 0.4) is 0 Å². The zero-order chi connectivity index (χ0) is 22.9. The van der Waals surface area contributed by atoms with Gasteiger partial charge in [0.05, 0.1) is 25.0 Å². The van der Waals surface area contributed by atoms with Crippen LogP contribution in [0.4, 0.5) is 11.4 Å². The Morgan fingerprint density at radius 1 is 0.848 bits per heavy atom. The summed E-state index contributed by atoms with van der Waals surface area (Å²) in [6.45, 7) is 5.51. The first-order valence-corrected chi connectivity index (χ1v) is 11.4. The second kappa shape index (κ2) is 11.4. The van der Waals surface area contributed by atoms with Gasteiger partial charge in [-0.05, 0) is 42.8 Å². The van der Waals surface area contributed by atoms with E-state index in [4.69, 9.17) is 9.47 Å². The van der Waals surface area contributed by atoms with Gasteiger partial charge in [-0.2, -0.15) is 0 Å². The third-order valence-electron chi connectivity index (χ3n) is 5.84. The Kier molecular flexibility index (Phi) is 7.82. The van der Waals surface area contributed by atoms with Gasteiger partial charge >= 0.3 is 0 Å². The van der Waals surface area contributed by atoms with Gasteiger partial charge in [0.1, 0.15) is 11.5 Å². The zero-order valence-electron chi connectivity index (χ0n) is 19.1. The molecule has 4 rings (SSSR count). The zero-order valence-corrected chi connectivity index (χ0v) is 19.1. The number of nitrogens with zero attached hydrogens (tertiary/aromatic N) is 2. The van der Waals surface area contributed by atoms with Crippen LogP contribution < -0.4 is 19.7 Å². The van der Waals surface area contributed by atoms with E-state index in [0.717, 1.165) is 56.3 Å². The van der Waals surface area contributed by atoms with Crippen molar-refractivity contribution in [1.82, 2.24) is 4.90 Å². The number of ether oxygens (including phenoxy) is 2. The van der Waals surface area contributed by atoms with Gasteiger partial charge in [-0.25, -0.2) is 0 Å². The Morgan fingerprint density at radius 2 is 1.52 bits per heavy atom. The molecule has 0 bridgehead atoms. The van der Waals surface area contributed by atoms with E-state index >= 15 is 0 Å². The van der Waals surface area contributed by atoms with Crippen molar-refractivity contribution in [3.8, 4) is 11.5 Å². The van der Waals surface area contributed by atoms with Crippen LogP contribution in [0.25, 0.3) is 0 Å². The molecule has 1 heterocycles. The van der Waals surface area contributed by atoms with Crippen LogP contribution in [-0.2, 0) is 0 Å². The van der Waals surface area contributed by atoms with Crippen molar-refractivity contribution in [3.05, 3.63) is 84.4 Å². The van der Waals surface area contributed by atoms with Gasteiger partial charge in [-0.3, -0.25) is 9.69 Å². The molecule has 0 atom stereocenters. The van der Waals surface area contributed by atoms with Gasteiger partial charge in [-0.1, -0.05) is 42.5 Å². The minimum atomic E-state index is -0.163. The van der Waals surface area contributed by atoms with Crippen LogP contribution in [0.5, 0.6) is 11.5 Å². The summed E-state index contributed by atoms with van der Waals surface area (Å²) < 4.78 is 11.5. The van der Waals surface area contributed by atoms with Gasteiger partial charge in [0.25, 0.3) is 5.91 Å². The van der Waals surface area contributed by atoms with E-state index in [1.807, 2.05) is 60.7 Å². The van der Waals surface area contributed by atoms with Crippen molar-refractivity contribution in [3.63, 3.8) is 0 Å². The van der Waals surface area contributed by atoms with Crippen LogP contribution in [0, 0.1) is 0 Å². The van der Waals surface area contributed by atoms with Gasteiger partial charge in [0.15, 0.2) is 0 Å². The Morgan fingerprint density at radius 3 is 2.27 bits per heavy atom. The molecule has 6 heteroatoms. The topological polar surface area (TPSA) is 54.0 Å². The second-order valence-electron chi connectivity index (χ2n) is 8.02. The molecule has 0 aliphatic carbocycles. The summed E-state index contributed by atoms with van der Waals surface area (Å²) in [6.07, 6.45) is 0.906. The fraction of sp³-hybridized carbons (Fsp3) is 0.296. The number of benzene rings is 3. The lowest BCUT2D eigenvalue weighted by molar-refractivity contribution is 0.102. The van der Waals surface area contributed by atoms with Crippen LogP contribution in [-0.4, -0.2) is 57.2 Å². The predicted octanol–water partition coefficient (Wildman–Crippen LogP) is 4.54. The van der Waals surface area contributed by atoms with E-state index in [-0.39, 0.29) is 5.91 Å². The lowest BCUT2D eigenvalue weighted by atomic mass is 10.2. The highest BCUT2D eigenvalue weighted by Crippen LogP contribution is 2.28. The maximum Gasteiger partial charge on any atom is 0.259 e. The van der Waals surface area contributed by atoms with E-state index in [0.29, 0.717) is 17.9 Å². The highest BCUT2D eigenvalue weighted by Gasteiger charge is 2.19. The number of hydrogen-bond acceptors (Lipinski definition) is 5. The maximum atomic E-state index is 12.7. The number of methoxy groups -OCH3 is 1. The number of para-hydroxylation sites is 4. The molecule has 0 aromatic heterocycles. The van der Waals surface area contributed by atoms with E-state index in [9.17, 15) is 4.79 Å². The van der Waals surface area contributed by atoms with Crippen LogP contribution >= 0.6 is 0 Å². The Hall–Kier alpha value is -3.51. The van der Waals surface area contributed by atoms with E-state index < -0.39 is 0 Å². The van der Waals surface area contributed by atoms with Crippen molar-refractivity contribution in [2.45, 2.75) is 6.42 Å². The molecule has 1 fully saturated rings. The van der Waals surface area contributed by atoms with E-state index in [1.54, 1.807) is 13.2 Å². The molecule has 1 saturated heterocycles. The highest BCUT2D eigenvalue weighted by atomic mass is 16.5. The number of amides is 1. The highest BCUT2D eigenvalue weighted by molar-refractivity contribution is 6.06. The molecule has 1 aliphatic heterocycles. The third kappa shape index (κ3) is 6.05. The molecule has 172 valence electrons. The van der Waals surface area contributed by atoms with Gasteiger partial charge in [0, 0.05) is 38.4 Å². The first-order chi connectivity index (χ1) is 16.2. The van der Waals surface area contributed by atoms with Gasteiger partial charge < -0.3 is 19.7 Å². The molecule has 0 spiro atoms. The van der Waals surface area contributed by atoms with Crippen molar-refractivity contribution in [2.24, 2.45) is 0 Å². The number of rotatable bonds is 9. The van der Waals surface area contributed by atoms with E-state index in [2.05, 4.69) is 27.2 Å². The lowest BCUT2D eigenvalue weighted by Gasteiger charge is -2.36. The molecule has 3 aromatic carbocycles. The van der Waals surface area contributed by atoms with Crippen LogP contribution in [0.1, 0.15) is 16.8 Å². The normalized spacial score (nSPS) is 14.0. The third-order valence-corrected chi connectivity index (χ3v) is 5.84. The molecule has 1 aliphatic rings. The fourth-order valence-corrected chi connectivity index (χ4v) is 4.07. The quantitative estimate of drug-likeness (QED) is 0.490. The summed E-state index contributed by atoms with van der Waals surface area (Å²) in [5.74, 6) is 1.38. The van der Waals surface area contributed by atoms with Crippen molar-refractivity contribution in [2.75, 3.05) is 56.7 Å². The Bertz CT molecular complexity index is 1030. The average molecular weight is 446 g/mol. The maximum absolute atomic E-state index is 12.7. The molecular weight excluding hydrogens is 414 g/mol. The smallest absolute Gasteiger partial charge is 0.259 e. The average Bonchev–Trinajstić information content (AvgIpc) is 2.88. The summed E-state index contributed by atoms with van der Waals surface area (Å²) in [5.41, 5.74) is 2.48. The van der Waals surface area contributed by atoms with Crippen LogP contribution in [0.2, 0.25) is 0 Å². The second-order valence-corrected chi connectivity index (χ2v) is 8.02. The van der Waals surface area contributed by atoms with Crippen molar-refractivity contribution >= 4 is 17.3 Å². The minimum Gasteiger partial charge on any atom is -0.495 e. The minimum absolute atomic E-state index is 0.163. The number of hydrogen-bond donors (Lipinski definition) is 1. The largest absolute Gasteiger partial charge is 0.495 e. The molecule has 33 heavy (non-hydrogen) atoms. The summed E-state index contributed by atoms with van der Waals surface area (Å²) >= 11 is 0. The summed E-state index contributed by atoms with van der Waals surface area (Å²) in [5, 5.41) is 2.93. The summed E-state index contributed by atoms with van der Waals surface area (Å²) in [6, 6.07) is 25.0. The summed E-state index contributed by atoms with van der Waals surface area (Å²) in [7, 11) is 1.72. The number of piperazine rings is 1. The molecular formula is C27H31N3O3. The predicted molar refractivity (Wildman–Crippen MR) is 133 cm³/mol. The van der Waals surface area contributed by atoms with Crippen LogP contribution in [0.15, 0.2) is 78.9 Å². The molecule has 3 aromatic rings. The number of nitrogens with one attached hydrogen (secondary N) is 1. The molecule has 1 amide bonds. The number of anilines is 2. The Balaban J connectivity index is 1.23. The van der Waals surface area contributed by atoms with E-state index in [1.165, 1.54) is 0 Å². The molecule has 6 nitrogen and oxygen atoms in total. The number of carbonyl (C=O) groups excluding carboxylic acids is 1. The molecule has 0 radical (unpaired) electrons.